The van der Waals surface area contributed by atoms with Crippen LogP contribution in [0.4, 0.5) is 11.6 Å². The Hall–Kier alpha value is -3.68. The van der Waals surface area contributed by atoms with E-state index in [0.29, 0.717) is 17.1 Å². The number of benzene rings is 1. The van der Waals surface area contributed by atoms with Gasteiger partial charge in [-0.15, -0.1) is 0 Å². The lowest BCUT2D eigenvalue weighted by Crippen LogP contribution is -2.36. The number of aryl methyl sites for hydroxylation is 1. The normalized spacial score (nSPS) is 12.2. The highest BCUT2D eigenvalue weighted by Gasteiger charge is 2.23. The summed E-state index contributed by atoms with van der Waals surface area (Å²) >= 11 is 0. The Morgan fingerprint density at radius 1 is 1.04 bits per heavy atom. The smallest absolute Gasteiger partial charge is 0.318 e. The summed E-state index contributed by atoms with van der Waals surface area (Å²) < 4.78 is 2.44. The highest BCUT2D eigenvalue weighted by atomic mass is 16.2. The molecule has 0 aliphatic carbocycles. The van der Waals surface area contributed by atoms with E-state index in [-0.39, 0.29) is 6.04 Å². The third-order valence-corrected chi connectivity index (χ3v) is 4.90. The molecule has 4 rings (SSSR count). The van der Waals surface area contributed by atoms with Crippen LogP contribution in [0, 0.1) is 0 Å². The molecule has 28 heavy (non-hydrogen) atoms. The number of para-hydroxylation sites is 1. The molecule has 0 aliphatic rings. The summed E-state index contributed by atoms with van der Waals surface area (Å²) in [6, 6.07) is 13.5. The van der Waals surface area contributed by atoms with Crippen LogP contribution in [0.25, 0.3) is 11.2 Å². The molecular weight excluding hydrogens is 356 g/mol. The maximum absolute atomic E-state index is 12.6. The van der Waals surface area contributed by atoms with Crippen LogP contribution in [0.3, 0.4) is 0 Å². The Balaban J connectivity index is 1.95. The summed E-state index contributed by atoms with van der Waals surface area (Å²) in [5.41, 5.74) is 1.69. The monoisotopic (exact) mass is 376 g/mol. The second-order valence-corrected chi connectivity index (χ2v) is 6.63. The summed E-state index contributed by atoms with van der Waals surface area (Å²) in [5, 5.41) is 0. The average molecular weight is 376 g/mol. The van der Waals surface area contributed by atoms with Crippen molar-refractivity contribution in [2.75, 3.05) is 4.90 Å². The van der Waals surface area contributed by atoms with E-state index >= 15 is 0 Å². The lowest BCUT2D eigenvalue weighted by molar-refractivity contribution is 0.708. The van der Waals surface area contributed by atoms with Crippen molar-refractivity contribution in [2.45, 2.75) is 13.0 Å². The summed E-state index contributed by atoms with van der Waals surface area (Å²) in [4.78, 5) is 38.7. The predicted octanol–water partition coefficient (Wildman–Crippen LogP) is 2.25. The summed E-state index contributed by atoms with van der Waals surface area (Å²) in [7, 11) is 3.06. The number of anilines is 2. The van der Waals surface area contributed by atoms with E-state index < -0.39 is 11.2 Å². The van der Waals surface area contributed by atoms with Gasteiger partial charge in [0.1, 0.15) is 0 Å². The van der Waals surface area contributed by atoms with Crippen LogP contribution in [-0.2, 0) is 14.1 Å². The molecule has 3 aromatic heterocycles. The van der Waals surface area contributed by atoms with Gasteiger partial charge in [0.15, 0.2) is 11.2 Å². The molecular formula is C20H20N6O2. The lowest BCUT2D eigenvalue weighted by Gasteiger charge is -2.29. The number of aromatic amines is 1. The molecule has 0 saturated carbocycles. The van der Waals surface area contributed by atoms with Gasteiger partial charge in [-0.25, -0.2) is 4.79 Å². The topological polar surface area (TPSA) is 88.8 Å². The van der Waals surface area contributed by atoms with Crippen LogP contribution in [0.15, 0.2) is 64.4 Å². The number of rotatable bonds is 4. The number of fused-ring (bicyclic) bond motifs is 1. The van der Waals surface area contributed by atoms with E-state index in [1.807, 2.05) is 54.3 Å². The van der Waals surface area contributed by atoms with Gasteiger partial charge in [-0.3, -0.25) is 18.9 Å². The molecule has 0 radical (unpaired) electrons. The van der Waals surface area contributed by atoms with Crippen molar-refractivity contribution < 1.29 is 0 Å². The van der Waals surface area contributed by atoms with E-state index in [1.165, 1.54) is 11.6 Å². The average Bonchev–Trinajstić information content (AvgIpc) is 3.17. The molecule has 8 heteroatoms. The minimum Gasteiger partial charge on any atom is -0.318 e. The zero-order chi connectivity index (χ0) is 19.8. The SMILES string of the molecule is CC(c1cccnc1)N(c1ccccc1)c1nc2c([nH]1)c(=O)n(C)c(=O)n2C. The Morgan fingerprint density at radius 2 is 1.79 bits per heavy atom. The van der Waals surface area contributed by atoms with E-state index in [2.05, 4.69) is 15.0 Å². The van der Waals surface area contributed by atoms with Crippen molar-refractivity contribution in [3.8, 4) is 0 Å². The molecule has 0 spiro atoms. The zero-order valence-electron chi connectivity index (χ0n) is 15.8. The number of nitrogens with one attached hydrogen (secondary N) is 1. The molecule has 1 aromatic carbocycles. The first-order valence-corrected chi connectivity index (χ1v) is 8.89. The number of hydrogen-bond acceptors (Lipinski definition) is 5. The number of H-pyrrole nitrogens is 1. The van der Waals surface area contributed by atoms with Gasteiger partial charge in [0, 0.05) is 32.2 Å². The minimum absolute atomic E-state index is 0.113. The van der Waals surface area contributed by atoms with Gasteiger partial charge in [-0.05, 0) is 30.7 Å². The molecule has 1 unspecified atom stereocenters. The van der Waals surface area contributed by atoms with Crippen LogP contribution >= 0.6 is 0 Å². The molecule has 0 amide bonds. The minimum atomic E-state index is -0.415. The zero-order valence-corrected chi connectivity index (χ0v) is 15.8. The maximum Gasteiger partial charge on any atom is 0.332 e. The van der Waals surface area contributed by atoms with E-state index in [1.54, 1.807) is 19.4 Å². The Bertz CT molecular complexity index is 1240. The summed E-state index contributed by atoms with van der Waals surface area (Å²) in [5.74, 6) is 0.482. The Kier molecular flexibility index (Phi) is 4.31. The molecule has 1 atom stereocenters. The predicted molar refractivity (Wildman–Crippen MR) is 108 cm³/mol. The van der Waals surface area contributed by atoms with E-state index in [9.17, 15) is 9.59 Å². The molecule has 0 saturated heterocycles. The van der Waals surface area contributed by atoms with E-state index in [0.717, 1.165) is 15.8 Å². The van der Waals surface area contributed by atoms with Crippen molar-refractivity contribution in [1.29, 1.82) is 0 Å². The fourth-order valence-electron chi connectivity index (χ4n) is 3.32. The first-order valence-electron chi connectivity index (χ1n) is 8.89. The summed E-state index contributed by atoms with van der Waals surface area (Å²) in [6.45, 7) is 2.04. The van der Waals surface area contributed by atoms with Crippen molar-refractivity contribution in [3.63, 3.8) is 0 Å². The van der Waals surface area contributed by atoms with Crippen molar-refractivity contribution in [3.05, 3.63) is 81.3 Å². The quantitative estimate of drug-likeness (QED) is 0.590. The number of nitrogens with zero attached hydrogens (tertiary/aromatic N) is 5. The van der Waals surface area contributed by atoms with Crippen LogP contribution in [0.2, 0.25) is 0 Å². The standard InChI is InChI=1S/C20H20N6O2/c1-13(14-8-7-11-21-12-14)26(15-9-5-4-6-10-15)19-22-16-17(23-19)24(2)20(28)25(3)18(16)27/h4-13H,1-3H3,(H,22,23). The molecule has 142 valence electrons. The molecule has 0 bridgehead atoms. The fraction of sp³-hybridized carbons (Fsp3) is 0.200. The molecule has 0 fully saturated rings. The van der Waals surface area contributed by atoms with Gasteiger partial charge in [0.05, 0.1) is 6.04 Å². The molecule has 1 N–H and O–H groups in total. The summed E-state index contributed by atoms with van der Waals surface area (Å²) in [6.07, 6.45) is 3.53. The van der Waals surface area contributed by atoms with Gasteiger partial charge >= 0.3 is 5.69 Å². The van der Waals surface area contributed by atoms with Gasteiger partial charge in [0.2, 0.25) is 5.95 Å². The van der Waals surface area contributed by atoms with Crippen LogP contribution in [-0.4, -0.2) is 24.1 Å². The maximum atomic E-state index is 12.6. The van der Waals surface area contributed by atoms with Crippen molar-refractivity contribution in [1.82, 2.24) is 24.1 Å². The number of hydrogen-bond donors (Lipinski definition) is 1. The van der Waals surface area contributed by atoms with Crippen LogP contribution in [0.5, 0.6) is 0 Å². The molecule has 3 heterocycles. The molecule has 4 aromatic rings. The third kappa shape index (κ3) is 2.79. The van der Waals surface area contributed by atoms with Gasteiger partial charge < -0.3 is 9.88 Å². The Morgan fingerprint density at radius 3 is 2.46 bits per heavy atom. The van der Waals surface area contributed by atoms with Crippen LogP contribution in [0.1, 0.15) is 18.5 Å². The molecule has 8 nitrogen and oxygen atoms in total. The molecule has 0 aliphatic heterocycles. The van der Waals surface area contributed by atoms with Crippen molar-refractivity contribution >= 4 is 22.8 Å². The number of aromatic nitrogens is 5. The largest absolute Gasteiger partial charge is 0.332 e. The van der Waals surface area contributed by atoms with E-state index in [4.69, 9.17) is 0 Å². The first kappa shape index (κ1) is 17.7. The Labute approximate surface area is 160 Å². The van der Waals surface area contributed by atoms with Gasteiger partial charge in [0.25, 0.3) is 5.56 Å². The number of imidazole rings is 1. The van der Waals surface area contributed by atoms with Crippen LogP contribution < -0.4 is 16.1 Å². The second kappa shape index (κ2) is 6.80. The highest BCUT2D eigenvalue weighted by Crippen LogP contribution is 2.33. The third-order valence-electron chi connectivity index (χ3n) is 4.90. The number of pyridine rings is 1. The highest BCUT2D eigenvalue weighted by molar-refractivity contribution is 5.75. The second-order valence-electron chi connectivity index (χ2n) is 6.63. The lowest BCUT2D eigenvalue weighted by atomic mass is 10.1. The van der Waals surface area contributed by atoms with Gasteiger partial charge in [-0.2, -0.15) is 4.98 Å². The van der Waals surface area contributed by atoms with Gasteiger partial charge in [-0.1, -0.05) is 24.3 Å². The first-order chi connectivity index (χ1) is 13.5. The fourth-order valence-corrected chi connectivity index (χ4v) is 3.32. The van der Waals surface area contributed by atoms with Crippen molar-refractivity contribution in [2.24, 2.45) is 14.1 Å².